The van der Waals surface area contributed by atoms with Crippen LogP contribution in [0.2, 0.25) is 15.3 Å². The predicted octanol–water partition coefficient (Wildman–Crippen LogP) is -4.63. The molecule has 5 aromatic rings. The summed E-state index contributed by atoms with van der Waals surface area (Å²) in [4.78, 5) is 9.79. The predicted molar refractivity (Wildman–Crippen MR) is 172 cm³/mol. The van der Waals surface area contributed by atoms with Gasteiger partial charge in [0.05, 0.1) is 31.2 Å². The summed E-state index contributed by atoms with van der Waals surface area (Å²) in [5.41, 5.74) is -1.07. The molecule has 19 nitrogen and oxygen atoms in total. The van der Waals surface area contributed by atoms with Crippen molar-refractivity contribution < 1.29 is 133 Å². The van der Waals surface area contributed by atoms with Crippen molar-refractivity contribution in [3.63, 3.8) is 0 Å². The van der Waals surface area contributed by atoms with E-state index in [0.29, 0.717) is 4.68 Å². The number of rotatable bonds is 10. The summed E-state index contributed by atoms with van der Waals surface area (Å²) in [6.45, 7) is 1.34. The average molecular weight is 873 g/mol. The summed E-state index contributed by atoms with van der Waals surface area (Å²) >= 11 is 18.1. The second-order valence-corrected chi connectivity index (χ2v) is 15.0. The Kier molecular flexibility index (Phi) is 16.7. The van der Waals surface area contributed by atoms with Gasteiger partial charge in [-0.05, 0) is 67.1 Å². The Morgan fingerprint density at radius 2 is 1.36 bits per heavy atom. The molecule has 0 aliphatic carbocycles. The topological polar surface area (TPSA) is 297 Å². The third-order valence-corrected chi connectivity index (χ3v) is 9.73. The molecular formula is C25H15Cl3N9Na3O10S3. The van der Waals surface area contributed by atoms with E-state index in [1.54, 1.807) is 0 Å². The standard InChI is InChI=1S/C25H18Cl3N9O10S3.3Na/c1-11-21(22(38)37(36-11)18-9-16(27)20(10-15(18)26)50(45,46)47)35-34-17-8-13(5-6-19(17)49(42,43)44)30-25-32-23(28)31-24(33-25)29-12-3-2-4-14(7-12)48(39,40)41;;;/h2-10,38H,1H3,(H,39,40,41)(H,42,43,44)(H,45,46,47)(H2,29,30,31,32,33);;;/q;3*+1/p-3. The smallest absolute Gasteiger partial charge is 0.857 e. The second kappa shape index (κ2) is 18.6. The zero-order chi connectivity index (χ0) is 36.8. The van der Waals surface area contributed by atoms with Crippen LogP contribution in [0.5, 0.6) is 5.88 Å². The van der Waals surface area contributed by atoms with Crippen molar-refractivity contribution >= 4 is 99.8 Å². The number of anilines is 4. The minimum Gasteiger partial charge on any atom is -0.857 e. The molecule has 0 unspecified atom stereocenters. The third kappa shape index (κ3) is 11.8. The van der Waals surface area contributed by atoms with Crippen molar-refractivity contribution in [3.05, 3.63) is 75.6 Å². The van der Waals surface area contributed by atoms with E-state index >= 15 is 0 Å². The van der Waals surface area contributed by atoms with Crippen LogP contribution in [-0.2, 0) is 30.4 Å². The molecule has 3 aromatic carbocycles. The Labute approximate surface area is 382 Å². The minimum absolute atomic E-state index is 0. The van der Waals surface area contributed by atoms with Crippen LogP contribution in [-0.4, -0.2) is 63.6 Å². The molecule has 0 fully saturated rings. The molecule has 0 aliphatic heterocycles. The van der Waals surface area contributed by atoms with Crippen molar-refractivity contribution in [1.82, 2.24) is 24.7 Å². The summed E-state index contributed by atoms with van der Waals surface area (Å²) in [5, 5.41) is 29.0. The normalized spacial score (nSPS) is 11.7. The van der Waals surface area contributed by atoms with E-state index in [0.717, 1.165) is 42.5 Å². The number of aromatic nitrogens is 5. The number of benzene rings is 3. The molecule has 0 spiro atoms. The molecule has 0 atom stereocenters. The fraction of sp³-hybridized carbons (Fsp3) is 0.0400. The Morgan fingerprint density at radius 3 is 1.92 bits per heavy atom. The quantitative estimate of drug-likeness (QED) is 0.0676. The molecule has 0 amide bonds. The maximum Gasteiger partial charge on any atom is 1.00 e. The number of nitrogens with zero attached hydrogens (tertiary/aromatic N) is 7. The van der Waals surface area contributed by atoms with Gasteiger partial charge in [-0.2, -0.15) is 28.5 Å². The molecule has 5 rings (SSSR count). The van der Waals surface area contributed by atoms with E-state index in [1.807, 2.05) is 0 Å². The van der Waals surface area contributed by atoms with Crippen molar-refractivity contribution in [3.8, 4) is 11.6 Å². The Bertz CT molecular complexity index is 2570. The fourth-order valence-electron chi connectivity index (χ4n) is 4.09. The van der Waals surface area contributed by atoms with Gasteiger partial charge in [0.25, 0.3) is 10.1 Å². The van der Waals surface area contributed by atoms with Crippen molar-refractivity contribution in [2.45, 2.75) is 21.6 Å². The van der Waals surface area contributed by atoms with Gasteiger partial charge in [0.15, 0.2) is 0 Å². The van der Waals surface area contributed by atoms with Crippen LogP contribution in [0.4, 0.5) is 34.6 Å². The number of hydrogen-bond donors (Lipinski definition) is 3. The van der Waals surface area contributed by atoms with E-state index in [-0.39, 0.29) is 134 Å². The van der Waals surface area contributed by atoms with Crippen LogP contribution in [0.1, 0.15) is 5.69 Å². The van der Waals surface area contributed by atoms with Crippen LogP contribution in [0.25, 0.3) is 5.69 Å². The first kappa shape index (κ1) is 47.6. The second-order valence-electron chi connectivity index (χ2n) is 9.68. The number of halogens is 3. The maximum atomic E-state index is 13.2. The van der Waals surface area contributed by atoms with E-state index in [4.69, 9.17) is 34.8 Å². The zero-order valence-corrected chi connectivity index (χ0v) is 38.0. The van der Waals surface area contributed by atoms with Gasteiger partial charge in [-0.15, -0.1) is 10.2 Å². The van der Waals surface area contributed by atoms with E-state index in [1.165, 1.54) is 19.1 Å². The molecule has 0 saturated carbocycles. The number of hydrogen-bond acceptors (Lipinski definition) is 17. The molecular weight excluding hydrogens is 858 g/mol. The molecule has 0 radical (unpaired) electrons. The van der Waals surface area contributed by atoms with Gasteiger partial charge >= 0.3 is 88.7 Å². The van der Waals surface area contributed by atoms with Crippen LogP contribution in [0.15, 0.2) is 79.5 Å². The maximum absolute atomic E-state index is 13.2. The molecule has 53 heavy (non-hydrogen) atoms. The monoisotopic (exact) mass is 871 g/mol. The third-order valence-electron chi connectivity index (χ3n) is 6.22. The molecule has 3 N–H and O–H groups in total. The van der Waals surface area contributed by atoms with Crippen LogP contribution in [0.3, 0.4) is 0 Å². The van der Waals surface area contributed by atoms with Crippen LogP contribution >= 0.6 is 34.8 Å². The first-order chi connectivity index (χ1) is 23.2. The van der Waals surface area contributed by atoms with E-state index in [2.05, 4.69) is 40.9 Å². The van der Waals surface area contributed by atoms with Crippen LogP contribution < -0.4 is 104 Å². The number of aryl methyl sites for hydroxylation is 1. The van der Waals surface area contributed by atoms with Gasteiger partial charge in [-0.25, -0.2) is 21.5 Å². The molecule has 2 heterocycles. The van der Waals surface area contributed by atoms with Crippen molar-refractivity contribution in [2.75, 3.05) is 10.6 Å². The fourth-order valence-corrected chi connectivity index (χ4v) is 6.69. The Morgan fingerprint density at radius 1 is 0.755 bits per heavy atom. The average Bonchev–Trinajstić information content (AvgIpc) is 3.27. The Balaban J connectivity index is 0.00000324. The molecule has 262 valence electrons. The van der Waals surface area contributed by atoms with Crippen molar-refractivity contribution in [2.24, 2.45) is 10.2 Å². The molecule has 0 aliphatic rings. The van der Waals surface area contributed by atoms with Gasteiger partial charge in [-0.3, -0.25) is 4.55 Å². The van der Waals surface area contributed by atoms with Gasteiger partial charge in [0.2, 0.25) is 17.2 Å². The minimum atomic E-state index is -5.14. The summed E-state index contributed by atoms with van der Waals surface area (Å²) in [6, 6.07) is 9.70. The number of azo groups is 1. The summed E-state index contributed by atoms with van der Waals surface area (Å²) < 4.78 is 103. The molecule has 0 bridgehead atoms. The molecule has 2 aromatic heterocycles. The van der Waals surface area contributed by atoms with Crippen LogP contribution in [0, 0.1) is 6.92 Å². The van der Waals surface area contributed by atoms with E-state index in [9.17, 15) is 44.0 Å². The van der Waals surface area contributed by atoms with Gasteiger partial charge in [0, 0.05) is 17.3 Å². The number of nitrogens with one attached hydrogen (secondary N) is 2. The first-order valence-electron chi connectivity index (χ1n) is 13.0. The summed E-state index contributed by atoms with van der Waals surface area (Å²) in [6.07, 6.45) is 0. The summed E-state index contributed by atoms with van der Waals surface area (Å²) in [5.74, 6) is -1.38. The molecule has 0 saturated heterocycles. The van der Waals surface area contributed by atoms with E-state index < -0.39 is 67.3 Å². The van der Waals surface area contributed by atoms with Crippen molar-refractivity contribution in [1.29, 1.82) is 0 Å². The largest absolute Gasteiger partial charge is 1.00 e. The van der Waals surface area contributed by atoms with Gasteiger partial charge < -0.3 is 24.8 Å². The Hall–Kier alpha value is -1.52. The first-order valence-corrected chi connectivity index (χ1v) is 18.4. The van der Waals surface area contributed by atoms with Gasteiger partial charge in [0.1, 0.15) is 36.5 Å². The molecule has 28 heteroatoms. The SMILES string of the molecule is Cc1nn(-c2cc(Cl)c(S(=O)(=O)O)cc2Cl)c([O-])c1N=Nc1cc(Nc2nc(Cl)nc(Nc3cccc(S(=O)(=O)[O-])c3)n2)ccc1S(=O)(=O)[O-].[Na+].[Na+].[Na+]. The van der Waals surface area contributed by atoms with Gasteiger partial charge in [-0.1, -0.05) is 29.3 Å². The zero-order valence-electron chi connectivity index (χ0n) is 27.3. The summed E-state index contributed by atoms with van der Waals surface area (Å²) in [7, 11) is -14.7.